The van der Waals surface area contributed by atoms with Crippen LogP contribution in [0.15, 0.2) is 16.8 Å². The van der Waals surface area contributed by atoms with Gasteiger partial charge in [0.2, 0.25) is 0 Å². The minimum Gasteiger partial charge on any atom is -0.341 e. The fourth-order valence-electron chi connectivity index (χ4n) is 2.23. The lowest BCUT2D eigenvalue weighted by atomic mass is 10.1. The number of aliphatic imine (C=N–C) groups is 1. The van der Waals surface area contributed by atoms with Crippen molar-refractivity contribution in [2.24, 2.45) is 4.99 Å². The summed E-state index contributed by atoms with van der Waals surface area (Å²) in [7, 11) is 3.45. The normalized spacial score (nSPS) is 11.3. The van der Waals surface area contributed by atoms with Crippen LogP contribution in [0.3, 0.4) is 0 Å². The van der Waals surface area contributed by atoms with Crippen LogP contribution in [0.4, 0.5) is 0 Å². The van der Waals surface area contributed by atoms with Gasteiger partial charge in [0.05, 0.1) is 0 Å². The standard InChI is InChI=1S/C19H33N3O2/c1-6-18(16-20-17(2)3)19(23)21(4)14-12-10-8-7-9-11-13-15-22(5)24/h1,16,24H,7-15H2,2-5H3/b18-16+. The maximum Gasteiger partial charge on any atom is 0.263 e. The quantitative estimate of drug-likeness (QED) is 0.195. The van der Waals surface area contributed by atoms with E-state index in [1.807, 2.05) is 13.8 Å². The third-order valence-electron chi connectivity index (χ3n) is 3.66. The van der Waals surface area contributed by atoms with Gasteiger partial charge < -0.3 is 10.1 Å². The SMILES string of the molecule is C#C/C(=C\N=C(C)C)C(=O)N(C)CCCCCCCCCN(C)O. The van der Waals surface area contributed by atoms with E-state index in [1.54, 1.807) is 19.0 Å². The highest BCUT2D eigenvalue weighted by atomic mass is 16.5. The Labute approximate surface area is 147 Å². The molecule has 0 aliphatic rings. The number of likely N-dealkylation sites (N-methyl/N-ethyl adjacent to an activating group) is 1. The van der Waals surface area contributed by atoms with Gasteiger partial charge in [0.25, 0.3) is 5.91 Å². The molecule has 136 valence electrons. The first-order valence-corrected chi connectivity index (χ1v) is 8.71. The molecule has 0 rings (SSSR count). The molecule has 0 aromatic carbocycles. The molecule has 0 aromatic heterocycles. The average molecular weight is 335 g/mol. The van der Waals surface area contributed by atoms with Crippen molar-refractivity contribution < 1.29 is 10.0 Å². The Morgan fingerprint density at radius 3 is 2.00 bits per heavy atom. The van der Waals surface area contributed by atoms with Gasteiger partial charge in [0.1, 0.15) is 5.57 Å². The third-order valence-corrected chi connectivity index (χ3v) is 3.66. The van der Waals surface area contributed by atoms with Crippen molar-refractivity contribution in [3.05, 3.63) is 11.8 Å². The van der Waals surface area contributed by atoms with E-state index in [0.717, 1.165) is 37.9 Å². The molecule has 0 heterocycles. The van der Waals surface area contributed by atoms with Crippen LogP contribution in [0, 0.1) is 12.3 Å². The van der Waals surface area contributed by atoms with E-state index in [2.05, 4.69) is 10.9 Å². The molecule has 0 saturated heterocycles. The van der Waals surface area contributed by atoms with E-state index in [0.29, 0.717) is 12.1 Å². The molecule has 0 saturated carbocycles. The van der Waals surface area contributed by atoms with Crippen LogP contribution >= 0.6 is 0 Å². The fourth-order valence-corrected chi connectivity index (χ4v) is 2.23. The first kappa shape index (κ1) is 22.4. The summed E-state index contributed by atoms with van der Waals surface area (Å²) >= 11 is 0. The zero-order valence-corrected chi connectivity index (χ0v) is 15.7. The van der Waals surface area contributed by atoms with Crippen LogP contribution in [0.25, 0.3) is 0 Å². The van der Waals surface area contributed by atoms with Gasteiger partial charge in [0.15, 0.2) is 0 Å². The van der Waals surface area contributed by atoms with Crippen LogP contribution in [0.2, 0.25) is 0 Å². The summed E-state index contributed by atoms with van der Waals surface area (Å²) < 4.78 is 0. The highest BCUT2D eigenvalue weighted by molar-refractivity contribution is 5.97. The minimum atomic E-state index is -0.143. The Kier molecular flexibility index (Phi) is 12.8. The molecule has 0 unspecified atom stereocenters. The second-order valence-corrected chi connectivity index (χ2v) is 6.35. The molecule has 0 radical (unpaired) electrons. The number of nitrogens with zero attached hydrogens (tertiary/aromatic N) is 3. The van der Waals surface area contributed by atoms with Crippen LogP contribution in [-0.4, -0.2) is 54.0 Å². The van der Waals surface area contributed by atoms with E-state index < -0.39 is 0 Å². The Bertz CT molecular complexity index is 458. The molecule has 1 amide bonds. The van der Waals surface area contributed by atoms with Crippen LogP contribution in [-0.2, 0) is 4.79 Å². The lowest BCUT2D eigenvalue weighted by Crippen LogP contribution is -2.28. The fraction of sp³-hybridized carbons (Fsp3) is 0.684. The molecule has 0 aliphatic heterocycles. The van der Waals surface area contributed by atoms with E-state index in [-0.39, 0.29) is 5.91 Å². The summed E-state index contributed by atoms with van der Waals surface area (Å²) in [4.78, 5) is 18.0. The number of amides is 1. The smallest absolute Gasteiger partial charge is 0.263 e. The monoisotopic (exact) mass is 335 g/mol. The lowest BCUT2D eigenvalue weighted by Gasteiger charge is -2.16. The van der Waals surface area contributed by atoms with E-state index in [9.17, 15) is 4.79 Å². The number of hydroxylamine groups is 2. The predicted octanol–water partition coefficient (Wildman–Crippen LogP) is 3.49. The summed E-state index contributed by atoms with van der Waals surface area (Å²) in [5, 5.41) is 10.3. The number of rotatable bonds is 12. The number of carbonyl (C=O) groups excluding carboxylic acids is 1. The van der Waals surface area contributed by atoms with Crippen molar-refractivity contribution >= 4 is 11.6 Å². The number of hydrogen-bond donors (Lipinski definition) is 1. The molecule has 0 bridgehead atoms. The Balaban J connectivity index is 3.87. The van der Waals surface area contributed by atoms with Gasteiger partial charge in [-0.2, -0.15) is 5.06 Å². The van der Waals surface area contributed by atoms with Crippen molar-refractivity contribution in [2.75, 3.05) is 27.2 Å². The maximum absolute atomic E-state index is 12.2. The maximum atomic E-state index is 12.2. The van der Waals surface area contributed by atoms with Crippen LogP contribution < -0.4 is 0 Å². The summed E-state index contributed by atoms with van der Waals surface area (Å²) in [6.45, 7) is 5.17. The lowest BCUT2D eigenvalue weighted by molar-refractivity contribution is -0.125. The number of carbonyl (C=O) groups is 1. The van der Waals surface area contributed by atoms with Gasteiger partial charge in [-0.3, -0.25) is 9.79 Å². The summed E-state index contributed by atoms with van der Waals surface area (Å²) in [6, 6.07) is 0. The Hall–Kier alpha value is -1.64. The molecule has 0 spiro atoms. The van der Waals surface area contributed by atoms with E-state index in [1.165, 1.54) is 30.5 Å². The average Bonchev–Trinajstić information content (AvgIpc) is 2.52. The summed E-state index contributed by atoms with van der Waals surface area (Å²) in [5.74, 6) is 2.27. The van der Waals surface area contributed by atoms with Gasteiger partial charge in [-0.15, -0.1) is 6.42 Å². The number of hydrogen-bond acceptors (Lipinski definition) is 4. The zero-order chi connectivity index (χ0) is 18.4. The van der Waals surface area contributed by atoms with Crippen LogP contribution in [0.5, 0.6) is 0 Å². The summed E-state index contributed by atoms with van der Waals surface area (Å²) in [6.07, 6.45) is 14.7. The molecule has 1 N–H and O–H groups in total. The summed E-state index contributed by atoms with van der Waals surface area (Å²) in [5.41, 5.74) is 1.16. The molecule has 24 heavy (non-hydrogen) atoms. The second-order valence-electron chi connectivity index (χ2n) is 6.35. The van der Waals surface area contributed by atoms with Crippen molar-refractivity contribution in [3.63, 3.8) is 0 Å². The highest BCUT2D eigenvalue weighted by Crippen LogP contribution is 2.09. The van der Waals surface area contributed by atoms with Crippen molar-refractivity contribution in [1.29, 1.82) is 0 Å². The molecule has 5 heteroatoms. The zero-order valence-electron chi connectivity index (χ0n) is 15.7. The molecule has 0 atom stereocenters. The van der Waals surface area contributed by atoms with Gasteiger partial charge in [-0.25, -0.2) is 0 Å². The largest absolute Gasteiger partial charge is 0.341 e. The Morgan fingerprint density at radius 2 is 1.54 bits per heavy atom. The van der Waals surface area contributed by atoms with Gasteiger partial charge in [-0.05, 0) is 26.7 Å². The topological polar surface area (TPSA) is 56.1 Å². The highest BCUT2D eigenvalue weighted by Gasteiger charge is 2.12. The first-order chi connectivity index (χ1) is 11.4. The molecule has 0 fully saturated rings. The molecular weight excluding hydrogens is 302 g/mol. The molecule has 5 nitrogen and oxygen atoms in total. The minimum absolute atomic E-state index is 0.143. The van der Waals surface area contributed by atoms with Gasteiger partial charge in [-0.1, -0.05) is 38.0 Å². The Morgan fingerprint density at radius 1 is 1.04 bits per heavy atom. The van der Waals surface area contributed by atoms with Crippen molar-refractivity contribution in [3.8, 4) is 12.3 Å². The third kappa shape index (κ3) is 11.9. The van der Waals surface area contributed by atoms with Gasteiger partial charge in [0, 0.05) is 39.1 Å². The first-order valence-electron chi connectivity index (χ1n) is 8.71. The number of unbranched alkanes of at least 4 members (excludes halogenated alkanes) is 6. The van der Waals surface area contributed by atoms with E-state index >= 15 is 0 Å². The van der Waals surface area contributed by atoms with Gasteiger partial charge >= 0.3 is 0 Å². The predicted molar refractivity (Wildman–Crippen MR) is 100 cm³/mol. The second kappa shape index (κ2) is 13.8. The molecular formula is C19H33N3O2. The number of terminal acetylenes is 1. The van der Waals surface area contributed by atoms with E-state index in [4.69, 9.17) is 11.6 Å². The molecule has 0 aromatic rings. The van der Waals surface area contributed by atoms with Crippen LogP contribution in [0.1, 0.15) is 58.8 Å². The van der Waals surface area contributed by atoms with Crippen molar-refractivity contribution in [1.82, 2.24) is 9.96 Å². The molecule has 0 aliphatic carbocycles. The van der Waals surface area contributed by atoms with Crippen molar-refractivity contribution in [2.45, 2.75) is 58.8 Å².